The highest BCUT2D eigenvalue weighted by atomic mass is 32.2. The molecule has 7 nitrogen and oxygen atoms in total. The molecule has 1 aromatic heterocycles. The van der Waals surface area contributed by atoms with E-state index in [1.807, 2.05) is 4.90 Å². The number of aromatic nitrogens is 2. The van der Waals surface area contributed by atoms with E-state index in [0.29, 0.717) is 24.3 Å². The molecule has 0 atom stereocenters. The van der Waals surface area contributed by atoms with Crippen molar-refractivity contribution in [2.45, 2.75) is 13.1 Å². The van der Waals surface area contributed by atoms with Crippen LogP contribution in [0.2, 0.25) is 0 Å². The number of fused-ring (bicyclic) bond motifs is 1. The van der Waals surface area contributed by atoms with Crippen molar-refractivity contribution in [3.8, 4) is 11.3 Å². The number of likely N-dealkylation sites (N-methyl/N-ethyl adjacent to an activating group) is 1. The summed E-state index contributed by atoms with van der Waals surface area (Å²) in [7, 11) is 0. The summed E-state index contributed by atoms with van der Waals surface area (Å²) < 4.78 is 56.0. The van der Waals surface area contributed by atoms with Crippen LogP contribution in [0.25, 0.3) is 28.2 Å². The zero-order valence-corrected chi connectivity index (χ0v) is 20.4. The average Bonchev–Trinajstić information content (AvgIpc) is 3.19. The summed E-state index contributed by atoms with van der Waals surface area (Å²) in [5.74, 6) is -2.45. The van der Waals surface area contributed by atoms with Crippen LogP contribution in [-0.4, -0.2) is 58.7 Å². The number of thioether (sulfide) groups is 1. The van der Waals surface area contributed by atoms with Gasteiger partial charge >= 0.3 is 6.18 Å². The van der Waals surface area contributed by atoms with Crippen LogP contribution in [0.15, 0.2) is 41.3 Å². The van der Waals surface area contributed by atoms with Gasteiger partial charge in [0.15, 0.2) is 0 Å². The first-order valence-electron chi connectivity index (χ1n) is 11.5. The molecule has 0 bridgehead atoms. The van der Waals surface area contributed by atoms with Crippen molar-refractivity contribution in [1.82, 2.24) is 20.2 Å². The predicted octanol–water partition coefficient (Wildman–Crippen LogP) is 4.92. The Hall–Kier alpha value is -3.51. The third-order valence-electron chi connectivity index (χ3n) is 6.29. The summed E-state index contributed by atoms with van der Waals surface area (Å²) in [4.78, 5) is 35.1. The maximum absolute atomic E-state index is 15.3. The first kappa shape index (κ1) is 25.2. The quantitative estimate of drug-likeness (QED) is 0.378. The van der Waals surface area contributed by atoms with Crippen molar-refractivity contribution in [3.05, 3.63) is 58.5 Å². The molecule has 0 unspecified atom stereocenters. The van der Waals surface area contributed by atoms with Crippen LogP contribution in [0.5, 0.6) is 0 Å². The van der Waals surface area contributed by atoms with Gasteiger partial charge in [0.25, 0.3) is 11.1 Å². The third-order valence-corrected chi connectivity index (χ3v) is 7.11. The standard InChI is InChI=1S/C25H21F4N5O2S/c1-2-33-7-9-34(10-8-33)19-6-4-15(13-17(19)26)21-16-11-14(12-20-22(35)32-24(36)37-20)3-5-18(16)30-23(31-21)25(27,28)29/h3-6,11-13H,2,7-10H2,1H3,(H,32,35,36). The number of nitrogens with one attached hydrogen (secondary N) is 1. The van der Waals surface area contributed by atoms with E-state index in [1.54, 1.807) is 12.1 Å². The van der Waals surface area contributed by atoms with Crippen molar-refractivity contribution < 1.29 is 27.2 Å². The van der Waals surface area contributed by atoms with Crippen molar-refractivity contribution in [1.29, 1.82) is 0 Å². The van der Waals surface area contributed by atoms with Gasteiger partial charge in [-0.1, -0.05) is 19.1 Å². The summed E-state index contributed by atoms with van der Waals surface area (Å²) >= 11 is 0.723. The third kappa shape index (κ3) is 5.16. The van der Waals surface area contributed by atoms with E-state index in [2.05, 4.69) is 27.1 Å². The molecular weight excluding hydrogens is 510 g/mol. The molecule has 37 heavy (non-hydrogen) atoms. The lowest BCUT2D eigenvalue weighted by Gasteiger charge is -2.35. The van der Waals surface area contributed by atoms with Gasteiger partial charge in [-0.25, -0.2) is 14.4 Å². The Kier molecular flexibility index (Phi) is 6.63. The molecule has 3 heterocycles. The molecule has 2 aliphatic rings. The van der Waals surface area contributed by atoms with Gasteiger partial charge in [-0.2, -0.15) is 13.2 Å². The molecule has 3 aromatic rings. The first-order valence-corrected chi connectivity index (χ1v) is 12.3. The number of benzene rings is 2. The number of carbonyl (C=O) groups excluding carboxylic acids is 2. The number of hydrogen-bond acceptors (Lipinski definition) is 7. The molecule has 1 N–H and O–H groups in total. The maximum Gasteiger partial charge on any atom is 0.451 e. The van der Waals surface area contributed by atoms with E-state index in [9.17, 15) is 22.8 Å². The normalized spacial score (nSPS) is 18.2. The van der Waals surface area contributed by atoms with E-state index in [0.717, 1.165) is 31.4 Å². The Bertz CT molecular complexity index is 1430. The van der Waals surface area contributed by atoms with Crippen LogP contribution < -0.4 is 10.2 Å². The second kappa shape index (κ2) is 9.75. The molecule has 2 amide bonds. The van der Waals surface area contributed by atoms with Gasteiger partial charge in [-0.3, -0.25) is 14.9 Å². The molecular formula is C25H21F4N5O2S. The van der Waals surface area contributed by atoms with Crippen molar-refractivity contribution in [2.75, 3.05) is 37.6 Å². The SMILES string of the molecule is CCN1CCN(c2ccc(-c3nc(C(F)(F)F)nc4ccc(C=C5SC(=O)NC5=O)cc34)cc2F)CC1. The molecule has 0 aliphatic carbocycles. The largest absolute Gasteiger partial charge is 0.451 e. The second-order valence-corrected chi connectivity index (χ2v) is 9.62. The Morgan fingerprint density at radius 2 is 1.81 bits per heavy atom. The zero-order valence-electron chi connectivity index (χ0n) is 19.6. The number of piperazine rings is 1. The summed E-state index contributed by atoms with van der Waals surface area (Å²) in [6.07, 6.45) is -3.36. The lowest BCUT2D eigenvalue weighted by Crippen LogP contribution is -2.46. The number of alkyl halides is 3. The number of hydrogen-bond donors (Lipinski definition) is 1. The fraction of sp³-hybridized carbons (Fsp3) is 0.280. The van der Waals surface area contributed by atoms with Crippen LogP contribution in [0.3, 0.4) is 0 Å². The predicted molar refractivity (Wildman–Crippen MR) is 133 cm³/mol. The number of nitrogens with zero attached hydrogens (tertiary/aromatic N) is 4. The minimum atomic E-state index is -4.81. The Labute approximate surface area is 213 Å². The molecule has 5 rings (SSSR count). The number of rotatable bonds is 4. The molecule has 0 radical (unpaired) electrons. The number of anilines is 1. The Morgan fingerprint density at radius 1 is 1.05 bits per heavy atom. The second-order valence-electron chi connectivity index (χ2n) is 8.61. The molecule has 2 aromatic carbocycles. The molecule has 2 fully saturated rings. The fourth-order valence-electron chi connectivity index (χ4n) is 4.37. The van der Waals surface area contributed by atoms with Gasteiger partial charge in [0.2, 0.25) is 5.82 Å². The fourth-order valence-corrected chi connectivity index (χ4v) is 5.05. The molecule has 12 heteroatoms. The maximum atomic E-state index is 15.3. The van der Waals surface area contributed by atoms with Crippen LogP contribution in [0, 0.1) is 5.82 Å². The topological polar surface area (TPSA) is 78.4 Å². The highest BCUT2D eigenvalue weighted by Crippen LogP contribution is 2.35. The Morgan fingerprint density at radius 3 is 2.43 bits per heavy atom. The van der Waals surface area contributed by atoms with E-state index < -0.39 is 29.0 Å². The summed E-state index contributed by atoms with van der Waals surface area (Å²) in [6, 6.07) is 8.68. The minimum absolute atomic E-state index is 0.0132. The summed E-state index contributed by atoms with van der Waals surface area (Å²) in [5, 5.41) is 1.89. The molecule has 0 saturated carbocycles. The smallest absolute Gasteiger partial charge is 0.367 e. The lowest BCUT2D eigenvalue weighted by atomic mass is 10.0. The monoisotopic (exact) mass is 531 g/mol. The zero-order chi connectivity index (χ0) is 26.3. The highest BCUT2D eigenvalue weighted by Gasteiger charge is 2.36. The summed E-state index contributed by atoms with van der Waals surface area (Å²) in [6.45, 7) is 5.85. The number of amides is 2. The van der Waals surface area contributed by atoms with Gasteiger partial charge in [-0.15, -0.1) is 0 Å². The van der Waals surface area contributed by atoms with Gasteiger partial charge < -0.3 is 9.80 Å². The van der Waals surface area contributed by atoms with E-state index in [1.165, 1.54) is 30.3 Å². The van der Waals surface area contributed by atoms with Crippen molar-refractivity contribution >= 4 is 45.6 Å². The van der Waals surface area contributed by atoms with Gasteiger partial charge in [-0.05, 0) is 54.2 Å². The van der Waals surface area contributed by atoms with E-state index in [4.69, 9.17) is 0 Å². The van der Waals surface area contributed by atoms with E-state index >= 15 is 4.39 Å². The molecule has 0 spiro atoms. The summed E-state index contributed by atoms with van der Waals surface area (Å²) in [5.41, 5.74) is 0.931. The number of imide groups is 1. The van der Waals surface area contributed by atoms with Crippen LogP contribution in [-0.2, 0) is 11.0 Å². The van der Waals surface area contributed by atoms with Gasteiger partial charge in [0, 0.05) is 37.1 Å². The molecule has 192 valence electrons. The van der Waals surface area contributed by atoms with E-state index in [-0.39, 0.29) is 27.1 Å². The molecule has 2 saturated heterocycles. The number of carbonyl (C=O) groups is 2. The first-order chi connectivity index (χ1) is 17.6. The lowest BCUT2D eigenvalue weighted by molar-refractivity contribution is -0.144. The van der Waals surface area contributed by atoms with Gasteiger partial charge in [0.05, 0.1) is 21.8 Å². The van der Waals surface area contributed by atoms with Crippen LogP contribution in [0.1, 0.15) is 18.3 Å². The Balaban J connectivity index is 1.58. The number of halogens is 4. The van der Waals surface area contributed by atoms with Crippen LogP contribution in [0.4, 0.5) is 28.0 Å². The molecule has 2 aliphatic heterocycles. The highest BCUT2D eigenvalue weighted by molar-refractivity contribution is 8.18. The van der Waals surface area contributed by atoms with Gasteiger partial charge in [0.1, 0.15) is 5.82 Å². The minimum Gasteiger partial charge on any atom is -0.367 e. The van der Waals surface area contributed by atoms with Crippen molar-refractivity contribution in [3.63, 3.8) is 0 Å². The van der Waals surface area contributed by atoms with Crippen LogP contribution >= 0.6 is 11.8 Å². The average molecular weight is 532 g/mol. The van der Waals surface area contributed by atoms with Crippen molar-refractivity contribution in [2.24, 2.45) is 0 Å².